The number of guanidine groups is 1. The first-order valence-corrected chi connectivity index (χ1v) is 8.42. The summed E-state index contributed by atoms with van der Waals surface area (Å²) >= 11 is 0. The Morgan fingerprint density at radius 3 is 2.31 bits per heavy atom. The summed E-state index contributed by atoms with van der Waals surface area (Å²) in [5.41, 5.74) is 0.216. The highest BCUT2D eigenvalue weighted by Gasteiger charge is 2.29. The van der Waals surface area contributed by atoms with Gasteiger partial charge in [-0.05, 0) is 37.0 Å². The highest BCUT2D eigenvalue weighted by Crippen LogP contribution is 2.29. The van der Waals surface area contributed by atoms with Gasteiger partial charge in [0.05, 0.1) is 5.56 Å². The van der Waals surface area contributed by atoms with Crippen molar-refractivity contribution in [3.05, 3.63) is 48.0 Å². The lowest BCUT2D eigenvalue weighted by molar-refractivity contribution is -0.137. The maximum absolute atomic E-state index is 12.5. The number of hydrogen-bond donors (Lipinski definition) is 2. The zero-order valence-electron chi connectivity index (χ0n) is 14.6. The smallest absolute Gasteiger partial charge is 0.356 e. The molecule has 2 aromatic rings. The summed E-state index contributed by atoms with van der Waals surface area (Å²) in [4.78, 5) is 4.13. The van der Waals surface area contributed by atoms with Crippen molar-refractivity contribution >= 4 is 5.96 Å². The lowest BCUT2D eigenvalue weighted by Gasteiger charge is -2.12. The molecule has 142 valence electrons. The Kier molecular flexibility index (Phi) is 7.43. The summed E-state index contributed by atoms with van der Waals surface area (Å²) < 4.78 is 39.5. The van der Waals surface area contributed by atoms with E-state index in [1.54, 1.807) is 19.7 Å². The summed E-state index contributed by atoms with van der Waals surface area (Å²) in [5.74, 6) is 0.682. The molecule has 2 rings (SSSR count). The molecular weight excluding hydrogens is 345 g/mol. The van der Waals surface area contributed by atoms with Gasteiger partial charge >= 0.3 is 6.18 Å². The fourth-order valence-electron chi connectivity index (χ4n) is 2.37. The monoisotopic (exact) mass is 368 g/mol. The van der Waals surface area contributed by atoms with Crippen molar-refractivity contribution in [2.45, 2.75) is 32.0 Å². The Balaban J connectivity index is 1.62. The molecule has 6 nitrogen and oxygen atoms in total. The van der Waals surface area contributed by atoms with Crippen LogP contribution in [-0.4, -0.2) is 40.9 Å². The molecule has 0 aliphatic carbocycles. The highest BCUT2D eigenvalue weighted by atomic mass is 19.4. The predicted octanol–water partition coefficient (Wildman–Crippen LogP) is 2.48. The van der Waals surface area contributed by atoms with E-state index in [2.05, 4.69) is 25.8 Å². The first kappa shape index (κ1) is 19.7. The lowest BCUT2D eigenvalue weighted by atomic mass is 10.1. The van der Waals surface area contributed by atoms with Gasteiger partial charge < -0.3 is 15.2 Å². The minimum atomic E-state index is -4.29. The van der Waals surface area contributed by atoms with Gasteiger partial charge in [-0.25, -0.2) is 0 Å². The van der Waals surface area contributed by atoms with Crippen LogP contribution >= 0.6 is 0 Å². The zero-order chi connectivity index (χ0) is 18.8. The molecule has 0 saturated heterocycles. The SMILES string of the molecule is CN=C(NCCCCn1cnnc1)NCCc1ccc(C(F)(F)F)cc1. The van der Waals surface area contributed by atoms with Gasteiger partial charge in [0.25, 0.3) is 0 Å². The molecule has 2 N–H and O–H groups in total. The van der Waals surface area contributed by atoms with E-state index in [9.17, 15) is 13.2 Å². The second kappa shape index (κ2) is 9.79. The summed E-state index contributed by atoms with van der Waals surface area (Å²) in [6.07, 6.45) is 1.67. The molecule has 1 aromatic carbocycles. The van der Waals surface area contributed by atoms with Crippen molar-refractivity contribution in [3.8, 4) is 0 Å². The predicted molar refractivity (Wildman–Crippen MR) is 93.8 cm³/mol. The molecule has 0 aliphatic rings. The molecule has 1 heterocycles. The van der Waals surface area contributed by atoms with Gasteiger partial charge in [0, 0.05) is 26.7 Å². The van der Waals surface area contributed by atoms with Crippen LogP contribution in [0.3, 0.4) is 0 Å². The minimum Gasteiger partial charge on any atom is -0.356 e. The quantitative estimate of drug-likeness (QED) is 0.427. The van der Waals surface area contributed by atoms with Crippen LogP contribution in [0.5, 0.6) is 0 Å². The molecule has 0 fully saturated rings. The summed E-state index contributed by atoms with van der Waals surface area (Å²) in [6.45, 7) is 2.24. The highest BCUT2D eigenvalue weighted by molar-refractivity contribution is 5.79. The number of benzene rings is 1. The Bertz CT molecular complexity index is 665. The van der Waals surface area contributed by atoms with Crippen LogP contribution in [0, 0.1) is 0 Å². The lowest BCUT2D eigenvalue weighted by Crippen LogP contribution is -2.38. The average Bonchev–Trinajstić information content (AvgIpc) is 3.13. The molecule has 9 heteroatoms. The topological polar surface area (TPSA) is 67.1 Å². The van der Waals surface area contributed by atoms with Crippen molar-refractivity contribution < 1.29 is 13.2 Å². The van der Waals surface area contributed by atoms with Gasteiger partial charge in [0.2, 0.25) is 0 Å². The van der Waals surface area contributed by atoms with Gasteiger partial charge in [-0.3, -0.25) is 4.99 Å². The molecular formula is C17H23F3N6. The third-order valence-electron chi connectivity index (χ3n) is 3.81. The van der Waals surface area contributed by atoms with Crippen molar-refractivity contribution in [2.75, 3.05) is 20.1 Å². The van der Waals surface area contributed by atoms with E-state index in [4.69, 9.17) is 0 Å². The van der Waals surface area contributed by atoms with E-state index in [0.717, 1.165) is 43.6 Å². The van der Waals surface area contributed by atoms with Crippen molar-refractivity contribution in [2.24, 2.45) is 4.99 Å². The molecule has 0 radical (unpaired) electrons. The summed E-state index contributed by atoms with van der Waals surface area (Å²) in [5, 5.41) is 13.9. The number of hydrogen-bond acceptors (Lipinski definition) is 3. The second-order valence-electron chi connectivity index (χ2n) is 5.78. The van der Waals surface area contributed by atoms with Crippen LogP contribution < -0.4 is 10.6 Å². The molecule has 0 amide bonds. The number of aliphatic imine (C=N–C) groups is 1. The minimum absolute atomic E-state index is 0.589. The van der Waals surface area contributed by atoms with Crippen LogP contribution in [0.4, 0.5) is 13.2 Å². The van der Waals surface area contributed by atoms with E-state index in [1.165, 1.54) is 12.1 Å². The van der Waals surface area contributed by atoms with E-state index >= 15 is 0 Å². The van der Waals surface area contributed by atoms with Gasteiger partial charge in [0.15, 0.2) is 5.96 Å². The van der Waals surface area contributed by atoms with Gasteiger partial charge in [-0.2, -0.15) is 13.2 Å². The molecule has 0 saturated carbocycles. The fraction of sp³-hybridized carbons (Fsp3) is 0.471. The number of nitrogens with one attached hydrogen (secondary N) is 2. The van der Waals surface area contributed by atoms with Gasteiger partial charge in [0.1, 0.15) is 12.7 Å². The maximum Gasteiger partial charge on any atom is 0.416 e. The number of aromatic nitrogens is 3. The second-order valence-corrected chi connectivity index (χ2v) is 5.78. The fourth-order valence-corrected chi connectivity index (χ4v) is 2.37. The van der Waals surface area contributed by atoms with Crippen LogP contribution in [-0.2, 0) is 19.1 Å². The number of unbranched alkanes of at least 4 members (excludes halogenated alkanes) is 1. The Morgan fingerprint density at radius 2 is 1.69 bits per heavy atom. The van der Waals surface area contributed by atoms with Crippen molar-refractivity contribution in [3.63, 3.8) is 0 Å². The molecule has 0 spiro atoms. The van der Waals surface area contributed by atoms with Crippen molar-refractivity contribution in [1.82, 2.24) is 25.4 Å². The van der Waals surface area contributed by atoms with Gasteiger partial charge in [-0.1, -0.05) is 12.1 Å². The maximum atomic E-state index is 12.5. The number of nitrogens with zero attached hydrogens (tertiary/aromatic N) is 4. The Hall–Kier alpha value is -2.58. The number of rotatable bonds is 8. The molecule has 0 atom stereocenters. The average molecular weight is 368 g/mol. The van der Waals surface area contributed by atoms with E-state index < -0.39 is 11.7 Å². The largest absolute Gasteiger partial charge is 0.416 e. The summed E-state index contributed by atoms with van der Waals surface area (Å²) in [7, 11) is 1.69. The normalized spacial score (nSPS) is 12.2. The standard InChI is InChI=1S/C17H23F3N6/c1-21-16(22-9-2-3-11-26-12-24-25-13-26)23-10-8-14-4-6-15(7-5-14)17(18,19)20/h4-7,12-13H,2-3,8-11H2,1H3,(H2,21,22,23). The molecule has 1 aromatic heterocycles. The van der Waals surface area contributed by atoms with Crippen LogP contribution in [0.2, 0.25) is 0 Å². The Labute approximate surface area is 150 Å². The third-order valence-corrected chi connectivity index (χ3v) is 3.81. The van der Waals surface area contributed by atoms with E-state index in [1.807, 2.05) is 4.57 Å². The zero-order valence-corrected chi connectivity index (χ0v) is 14.6. The van der Waals surface area contributed by atoms with Crippen molar-refractivity contribution in [1.29, 1.82) is 0 Å². The summed E-state index contributed by atoms with van der Waals surface area (Å²) in [6, 6.07) is 5.23. The van der Waals surface area contributed by atoms with E-state index in [0.29, 0.717) is 18.9 Å². The number of halogens is 3. The van der Waals surface area contributed by atoms with Crippen LogP contribution in [0.1, 0.15) is 24.0 Å². The Morgan fingerprint density at radius 1 is 1.04 bits per heavy atom. The van der Waals surface area contributed by atoms with Crippen LogP contribution in [0.15, 0.2) is 41.9 Å². The first-order chi connectivity index (χ1) is 12.5. The van der Waals surface area contributed by atoms with Gasteiger partial charge in [-0.15, -0.1) is 10.2 Å². The molecule has 0 unspecified atom stereocenters. The third kappa shape index (κ3) is 6.73. The number of aryl methyl sites for hydroxylation is 1. The number of alkyl halides is 3. The van der Waals surface area contributed by atoms with Crippen LogP contribution in [0.25, 0.3) is 0 Å². The first-order valence-electron chi connectivity index (χ1n) is 8.42. The molecule has 26 heavy (non-hydrogen) atoms. The van der Waals surface area contributed by atoms with E-state index in [-0.39, 0.29) is 0 Å². The molecule has 0 aliphatic heterocycles. The molecule has 0 bridgehead atoms.